The minimum atomic E-state index is 0.490. The third-order valence-electron chi connectivity index (χ3n) is 3.72. The predicted molar refractivity (Wildman–Crippen MR) is 87.9 cm³/mol. The van der Waals surface area contributed by atoms with Gasteiger partial charge in [-0.25, -0.2) is 9.97 Å². The molecule has 0 radical (unpaired) electrons. The molecule has 21 heavy (non-hydrogen) atoms. The SMILES string of the molecule is CCCCCCC(C)Nc1ccc(-n2ccnc2C)nc1. The van der Waals surface area contributed by atoms with Gasteiger partial charge in [0.1, 0.15) is 11.6 Å². The highest BCUT2D eigenvalue weighted by Crippen LogP contribution is 2.14. The number of rotatable bonds is 8. The Morgan fingerprint density at radius 2 is 2.05 bits per heavy atom. The van der Waals surface area contributed by atoms with E-state index < -0.39 is 0 Å². The van der Waals surface area contributed by atoms with Crippen molar-refractivity contribution < 1.29 is 0 Å². The fourth-order valence-corrected chi connectivity index (χ4v) is 2.47. The minimum Gasteiger partial charge on any atom is -0.381 e. The Bertz CT molecular complexity index is 530. The zero-order valence-corrected chi connectivity index (χ0v) is 13.3. The molecule has 0 fully saturated rings. The number of unbranched alkanes of at least 4 members (excludes halogenated alkanes) is 3. The van der Waals surface area contributed by atoms with Crippen molar-refractivity contribution in [2.45, 2.75) is 58.9 Å². The first-order valence-corrected chi connectivity index (χ1v) is 7.93. The Balaban J connectivity index is 1.86. The fraction of sp³-hybridized carbons (Fsp3) is 0.529. The van der Waals surface area contributed by atoms with Crippen molar-refractivity contribution in [3.05, 3.63) is 36.5 Å². The van der Waals surface area contributed by atoms with Gasteiger partial charge in [0.2, 0.25) is 0 Å². The van der Waals surface area contributed by atoms with Crippen molar-refractivity contribution in [3.63, 3.8) is 0 Å². The van der Waals surface area contributed by atoms with Crippen molar-refractivity contribution in [2.24, 2.45) is 0 Å². The van der Waals surface area contributed by atoms with Gasteiger partial charge >= 0.3 is 0 Å². The van der Waals surface area contributed by atoms with Crippen molar-refractivity contribution in [1.29, 1.82) is 0 Å². The van der Waals surface area contributed by atoms with E-state index >= 15 is 0 Å². The largest absolute Gasteiger partial charge is 0.381 e. The smallest absolute Gasteiger partial charge is 0.138 e. The average molecular weight is 286 g/mol. The molecule has 0 spiro atoms. The Labute approximate surface area is 127 Å². The maximum Gasteiger partial charge on any atom is 0.138 e. The summed E-state index contributed by atoms with van der Waals surface area (Å²) in [7, 11) is 0. The maximum absolute atomic E-state index is 4.51. The van der Waals surface area contributed by atoms with Crippen LogP contribution in [-0.2, 0) is 0 Å². The molecule has 114 valence electrons. The van der Waals surface area contributed by atoms with Crippen LogP contribution in [0.15, 0.2) is 30.7 Å². The molecule has 0 saturated heterocycles. The van der Waals surface area contributed by atoms with Gasteiger partial charge in [0.25, 0.3) is 0 Å². The molecule has 2 rings (SSSR count). The van der Waals surface area contributed by atoms with Crippen LogP contribution in [0.3, 0.4) is 0 Å². The zero-order valence-electron chi connectivity index (χ0n) is 13.3. The van der Waals surface area contributed by atoms with Gasteiger partial charge in [0.05, 0.1) is 11.9 Å². The summed E-state index contributed by atoms with van der Waals surface area (Å²) < 4.78 is 1.98. The number of nitrogens with one attached hydrogen (secondary N) is 1. The average Bonchev–Trinajstić information content (AvgIpc) is 2.91. The molecule has 0 aromatic carbocycles. The predicted octanol–water partition coefficient (Wildman–Crippen LogP) is 4.35. The van der Waals surface area contributed by atoms with Crippen LogP contribution in [0.2, 0.25) is 0 Å². The van der Waals surface area contributed by atoms with Crippen LogP contribution in [0.25, 0.3) is 5.82 Å². The number of aromatic nitrogens is 3. The Hall–Kier alpha value is -1.84. The molecule has 0 bridgehead atoms. The number of anilines is 1. The summed E-state index contributed by atoms with van der Waals surface area (Å²) in [5, 5.41) is 3.52. The standard InChI is InChI=1S/C17H26N4/c1-4-5-6-7-8-14(2)20-16-9-10-17(19-13-16)21-12-11-18-15(21)3/h9-14,20H,4-8H2,1-3H3. The number of pyridine rings is 1. The van der Waals surface area contributed by atoms with Gasteiger partial charge in [-0.2, -0.15) is 0 Å². The minimum absolute atomic E-state index is 0.490. The van der Waals surface area contributed by atoms with E-state index in [0.29, 0.717) is 6.04 Å². The molecule has 1 unspecified atom stereocenters. The number of hydrogen-bond donors (Lipinski definition) is 1. The van der Waals surface area contributed by atoms with Crippen LogP contribution in [0.4, 0.5) is 5.69 Å². The molecule has 2 aromatic rings. The van der Waals surface area contributed by atoms with Gasteiger partial charge in [-0.05, 0) is 32.4 Å². The van der Waals surface area contributed by atoms with Crippen molar-refractivity contribution >= 4 is 5.69 Å². The second-order valence-corrected chi connectivity index (χ2v) is 5.64. The van der Waals surface area contributed by atoms with E-state index in [0.717, 1.165) is 17.3 Å². The molecule has 0 saturated carbocycles. The van der Waals surface area contributed by atoms with E-state index in [1.54, 1.807) is 6.20 Å². The van der Waals surface area contributed by atoms with Crippen LogP contribution in [0, 0.1) is 6.92 Å². The molecule has 0 amide bonds. The summed E-state index contributed by atoms with van der Waals surface area (Å²) >= 11 is 0. The zero-order chi connectivity index (χ0) is 15.1. The van der Waals surface area contributed by atoms with Gasteiger partial charge in [0, 0.05) is 18.4 Å². The molecule has 1 N–H and O–H groups in total. The Morgan fingerprint density at radius 1 is 1.19 bits per heavy atom. The van der Waals surface area contributed by atoms with Crippen molar-refractivity contribution in [3.8, 4) is 5.82 Å². The van der Waals surface area contributed by atoms with E-state index in [4.69, 9.17) is 0 Å². The topological polar surface area (TPSA) is 42.7 Å². The van der Waals surface area contributed by atoms with Gasteiger partial charge in [0.15, 0.2) is 0 Å². The van der Waals surface area contributed by atoms with Crippen LogP contribution in [0.5, 0.6) is 0 Å². The number of nitrogens with zero attached hydrogens (tertiary/aromatic N) is 3. The summed E-state index contributed by atoms with van der Waals surface area (Å²) in [5.41, 5.74) is 1.08. The first-order valence-electron chi connectivity index (χ1n) is 7.93. The Kier molecular flexibility index (Phi) is 5.78. The molecular weight excluding hydrogens is 260 g/mol. The third-order valence-corrected chi connectivity index (χ3v) is 3.72. The monoisotopic (exact) mass is 286 g/mol. The molecule has 0 aliphatic heterocycles. The molecule has 0 aliphatic rings. The van der Waals surface area contributed by atoms with E-state index in [2.05, 4.69) is 35.2 Å². The quantitative estimate of drug-likeness (QED) is 0.734. The van der Waals surface area contributed by atoms with Gasteiger partial charge in [-0.3, -0.25) is 4.57 Å². The first-order chi connectivity index (χ1) is 10.2. The lowest BCUT2D eigenvalue weighted by atomic mass is 10.1. The third kappa shape index (κ3) is 4.59. The molecular formula is C17H26N4. The maximum atomic E-state index is 4.51. The summed E-state index contributed by atoms with van der Waals surface area (Å²) in [6.07, 6.45) is 12.1. The second-order valence-electron chi connectivity index (χ2n) is 5.64. The molecule has 2 aromatic heterocycles. The fourth-order valence-electron chi connectivity index (χ4n) is 2.47. The van der Waals surface area contributed by atoms with E-state index in [1.165, 1.54) is 32.1 Å². The molecule has 4 heteroatoms. The van der Waals surface area contributed by atoms with Crippen LogP contribution in [-0.4, -0.2) is 20.6 Å². The highest BCUT2D eigenvalue weighted by Gasteiger charge is 2.04. The van der Waals surface area contributed by atoms with Crippen LogP contribution >= 0.6 is 0 Å². The molecule has 2 heterocycles. The van der Waals surface area contributed by atoms with Gasteiger partial charge in [-0.15, -0.1) is 0 Å². The number of aryl methyl sites for hydroxylation is 1. The van der Waals surface area contributed by atoms with E-state index in [9.17, 15) is 0 Å². The molecule has 4 nitrogen and oxygen atoms in total. The summed E-state index contributed by atoms with van der Waals surface area (Å²) in [5.74, 6) is 1.86. The van der Waals surface area contributed by atoms with Crippen molar-refractivity contribution in [2.75, 3.05) is 5.32 Å². The first kappa shape index (κ1) is 15.5. The summed E-state index contributed by atoms with van der Waals surface area (Å²) in [6, 6.07) is 4.61. The number of hydrogen-bond acceptors (Lipinski definition) is 3. The normalized spacial score (nSPS) is 12.3. The lowest BCUT2D eigenvalue weighted by Crippen LogP contribution is -2.15. The van der Waals surface area contributed by atoms with Gasteiger partial charge in [-0.1, -0.05) is 32.6 Å². The lowest BCUT2D eigenvalue weighted by Gasteiger charge is -2.15. The van der Waals surface area contributed by atoms with Crippen LogP contribution < -0.4 is 5.32 Å². The van der Waals surface area contributed by atoms with Gasteiger partial charge < -0.3 is 5.32 Å². The lowest BCUT2D eigenvalue weighted by molar-refractivity contribution is 0.594. The Morgan fingerprint density at radius 3 is 2.67 bits per heavy atom. The summed E-state index contributed by atoms with van der Waals surface area (Å²) in [6.45, 7) is 6.46. The van der Waals surface area contributed by atoms with E-state index in [1.807, 2.05) is 30.0 Å². The highest BCUT2D eigenvalue weighted by molar-refractivity contribution is 5.44. The molecule has 0 aliphatic carbocycles. The number of imidazole rings is 1. The summed E-state index contributed by atoms with van der Waals surface area (Å²) in [4.78, 5) is 8.73. The van der Waals surface area contributed by atoms with Crippen LogP contribution in [0.1, 0.15) is 51.8 Å². The molecule has 1 atom stereocenters. The highest BCUT2D eigenvalue weighted by atomic mass is 15.1. The van der Waals surface area contributed by atoms with Crippen molar-refractivity contribution in [1.82, 2.24) is 14.5 Å². The van der Waals surface area contributed by atoms with E-state index in [-0.39, 0.29) is 0 Å². The second kappa shape index (κ2) is 7.81.